The zero-order chi connectivity index (χ0) is 13.8. The van der Waals surface area contributed by atoms with Gasteiger partial charge >= 0.3 is 5.97 Å². The fraction of sp³-hybridized carbons (Fsp3) is 0.846. The molecule has 0 aliphatic rings. The summed E-state index contributed by atoms with van der Waals surface area (Å²) in [5.41, 5.74) is 0. The molecule has 0 rings (SSSR count). The number of rotatable bonds is 11. The Morgan fingerprint density at radius 1 is 1.11 bits per heavy atom. The Morgan fingerprint density at radius 3 is 2.39 bits per heavy atom. The highest BCUT2D eigenvalue weighted by molar-refractivity contribution is 5.76. The van der Waals surface area contributed by atoms with Crippen molar-refractivity contribution in [3.8, 4) is 0 Å². The van der Waals surface area contributed by atoms with Gasteiger partial charge in [0.1, 0.15) is 0 Å². The van der Waals surface area contributed by atoms with E-state index in [1.54, 1.807) is 0 Å². The first-order chi connectivity index (χ1) is 8.60. The fourth-order valence-electron chi connectivity index (χ4n) is 1.76. The van der Waals surface area contributed by atoms with Gasteiger partial charge in [-0.05, 0) is 25.3 Å². The Labute approximate surface area is 109 Å². The number of carboxylic acid groups (broad SMARTS) is 1. The van der Waals surface area contributed by atoms with Crippen LogP contribution in [-0.4, -0.2) is 36.6 Å². The summed E-state index contributed by atoms with van der Waals surface area (Å²) in [5, 5.41) is 14.6. The van der Waals surface area contributed by atoms with Crippen LogP contribution in [-0.2, 0) is 9.59 Å². The van der Waals surface area contributed by atoms with E-state index < -0.39 is 5.97 Å². The molecule has 106 valence electrons. The van der Waals surface area contributed by atoms with E-state index in [2.05, 4.69) is 17.6 Å². The third-order valence-corrected chi connectivity index (χ3v) is 3.00. The van der Waals surface area contributed by atoms with Crippen LogP contribution in [0.15, 0.2) is 0 Å². The molecule has 5 nitrogen and oxygen atoms in total. The van der Waals surface area contributed by atoms with Crippen LogP contribution in [0.2, 0.25) is 0 Å². The van der Waals surface area contributed by atoms with Gasteiger partial charge in [-0.15, -0.1) is 0 Å². The minimum Gasteiger partial charge on any atom is -0.481 e. The van der Waals surface area contributed by atoms with Gasteiger partial charge in [0, 0.05) is 25.9 Å². The maximum Gasteiger partial charge on any atom is 0.303 e. The van der Waals surface area contributed by atoms with E-state index in [4.69, 9.17) is 5.11 Å². The van der Waals surface area contributed by atoms with E-state index >= 15 is 0 Å². The number of carboxylic acids is 1. The van der Waals surface area contributed by atoms with Gasteiger partial charge in [0.2, 0.25) is 5.91 Å². The largest absolute Gasteiger partial charge is 0.481 e. The highest BCUT2D eigenvalue weighted by Crippen LogP contribution is 2.14. The number of hydrogen-bond acceptors (Lipinski definition) is 3. The number of nitrogens with one attached hydrogen (secondary N) is 2. The number of carbonyl (C=O) groups excluding carboxylic acids is 1. The van der Waals surface area contributed by atoms with Crippen LogP contribution in [0.4, 0.5) is 0 Å². The second kappa shape index (κ2) is 11.0. The van der Waals surface area contributed by atoms with Crippen LogP contribution in [0.5, 0.6) is 0 Å². The Balaban J connectivity index is 3.59. The lowest BCUT2D eigenvalue weighted by atomic mass is 9.96. The molecule has 0 saturated carbocycles. The van der Waals surface area contributed by atoms with Crippen molar-refractivity contribution >= 4 is 11.9 Å². The SMILES string of the molecule is CCNCCC(=O)NCCC(CC)CCC(=O)O. The van der Waals surface area contributed by atoms with E-state index in [0.717, 1.165) is 19.4 Å². The second-order valence-electron chi connectivity index (χ2n) is 4.45. The lowest BCUT2D eigenvalue weighted by Crippen LogP contribution is -2.29. The van der Waals surface area contributed by atoms with Crippen LogP contribution in [0, 0.1) is 5.92 Å². The molecule has 0 aliphatic carbocycles. The van der Waals surface area contributed by atoms with Crippen LogP contribution >= 0.6 is 0 Å². The lowest BCUT2D eigenvalue weighted by Gasteiger charge is -2.14. The van der Waals surface area contributed by atoms with Crippen molar-refractivity contribution in [2.75, 3.05) is 19.6 Å². The van der Waals surface area contributed by atoms with Crippen molar-refractivity contribution in [2.45, 2.75) is 46.0 Å². The molecule has 0 spiro atoms. The Kier molecular flexibility index (Phi) is 10.3. The number of hydrogen-bond donors (Lipinski definition) is 3. The van der Waals surface area contributed by atoms with Gasteiger partial charge in [-0.2, -0.15) is 0 Å². The number of carbonyl (C=O) groups is 2. The van der Waals surface area contributed by atoms with Crippen LogP contribution in [0.25, 0.3) is 0 Å². The predicted molar refractivity (Wildman–Crippen MR) is 71.4 cm³/mol. The topological polar surface area (TPSA) is 78.4 Å². The normalized spacial score (nSPS) is 12.1. The monoisotopic (exact) mass is 258 g/mol. The van der Waals surface area contributed by atoms with Crippen LogP contribution < -0.4 is 10.6 Å². The van der Waals surface area contributed by atoms with E-state index in [0.29, 0.717) is 31.8 Å². The molecule has 0 aromatic heterocycles. The summed E-state index contributed by atoms with van der Waals surface area (Å²) < 4.78 is 0. The van der Waals surface area contributed by atoms with Crippen molar-refractivity contribution in [1.82, 2.24) is 10.6 Å². The molecule has 0 radical (unpaired) electrons. The fourth-order valence-corrected chi connectivity index (χ4v) is 1.76. The standard InChI is InChI=1S/C13H26N2O3/c1-3-11(5-6-13(17)18)7-10-15-12(16)8-9-14-4-2/h11,14H,3-10H2,1-2H3,(H,15,16)(H,17,18). The maximum atomic E-state index is 11.4. The first-order valence-corrected chi connectivity index (χ1v) is 6.79. The van der Waals surface area contributed by atoms with Crippen molar-refractivity contribution in [3.05, 3.63) is 0 Å². The number of aliphatic carboxylic acids is 1. The second-order valence-corrected chi connectivity index (χ2v) is 4.45. The van der Waals surface area contributed by atoms with Crippen molar-refractivity contribution in [2.24, 2.45) is 5.92 Å². The summed E-state index contributed by atoms with van der Waals surface area (Å²) in [4.78, 5) is 21.9. The molecule has 0 saturated heterocycles. The highest BCUT2D eigenvalue weighted by atomic mass is 16.4. The third-order valence-electron chi connectivity index (χ3n) is 3.00. The van der Waals surface area contributed by atoms with Gasteiger partial charge in [0.05, 0.1) is 0 Å². The molecule has 0 heterocycles. The summed E-state index contributed by atoms with van der Waals surface area (Å²) in [6, 6.07) is 0. The average molecular weight is 258 g/mol. The van der Waals surface area contributed by atoms with Crippen molar-refractivity contribution in [1.29, 1.82) is 0 Å². The van der Waals surface area contributed by atoms with Gasteiger partial charge in [0.25, 0.3) is 0 Å². The molecule has 0 aliphatic heterocycles. The zero-order valence-electron chi connectivity index (χ0n) is 11.5. The number of amides is 1. The quantitative estimate of drug-likeness (QED) is 0.489. The molecule has 1 amide bonds. The first-order valence-electron chi connectivity index (χ1n) is 6.79. The average Bonchev–Trinajstić information content (AvgIpc) is 2.33. The molecule has 0 aromatic rings. The lowest BCUT2D eigenvalue weighted by molar-refractivity contribution is -0.137. The molecule has 0 bridgehead atoms. The Hall–Kier alpha value is -1.10. The van der Waals surface area contributed by atoms with Gasteiger partial charge in [-0.25, -0.2) is 0 Å². The highest BCUT2D eigenvalue weighted by Gasteiger charge is 2.09. The molecular formula is C13H26N2O3. The van der Waals surface area contributed by atoms with Crippen LogP contribution in [0.3, 0.4) is 0 Å². The van der Waals surface area contributed by atoms with E-state index in [9.17, 15) is 9.59 Å². The third kappa shape index (κ3) is 10.1. The van der Waals surface area contributed by atoms with E-state index in [-0.39, 0.29) is 12.3 Å². The molecule has 0 fully saturated rings. The molecule has 0 aromatic carbocycles. The summed E-state index contributed by atoms with van der Waals surface area (Å²) >= 11 is 0. The minimum atomic E-state index is -0.747. The molecular weight excluding hydrogens is 232 g/mol. The van der Waals surface area contributed by atoms with Crippen molar-refractivity contribution in [3.63, 3.8) is 0 Å². The predicted octanol–water partition coefficient (Wildman–Crippen LogP) is 1.38. The molecule has 1 atom stereocenters. The van der Waals surface area contributed by atoms with Crippen molar-refractivity contribution < 1.29 is 14.7 Å². The summed E-state index contributed by atoms with van der Waals surface area (Å²) in [5.74, 6) is -0.303. The zero-order valence-corrected chi connectivity index (χ0v) is 11.5. The van der Waals surface area contributed by atoms with Crippen LogP contribution in [0.1, 0.15) is 46.0 Å². The summed E-state index contributed by atoms with van der Waals surface area (Å²) in [6.07, 6.45) is 3.23. The van der Waals surface area contributed by atoms with E-state index in [1.165, 1.54) is 0 Å². The molecule has 5 heteroatoms. The Morgan fingerprint density at radius 2 is 1.83 bits per heavy atom. The molecule has 1 unspecified atom stereocenters. The minimum absolute atomic E-state index is 0.0593. The Bertz CT molecular complexity index is 244. The maximum absolute atomic E-state index is 11.4. The summed E-state index contributed by atoms with van der Waals surface area (Å²) in [6.45, 7) is 6.29. The summed E-state index contributed by atoms with van der Waals surface area (Å²) in [7, 11) is 0. The molecule has 3 N–H and O–H groups in total. The van der Waals surface area contributed by atoms with Gasteiger partial charge in [-0.1, -0.05) is 20.3 Å². The van der Waals surface area contributed by atoms with E-state index in [1.807, 2.05) is 6.92 Å². The smallest absolute Gasteiger partial charge is 0.303 e. The first kappa shape index (κ1) is 16.9. The van der Waals surface area contributed by atoms with Gasteiger partial charge < -0.3 is 15.7 Å². The van der Waals surface area contributed by atoms with Gasteiger partial charge in [0.15, 0.2) is 0 Å². The molecule has 18 heavy (non-hydrogen) atoms. The van der Waals surface area contributed by atoms with Gasteiger partial charge in [-0.3, -0.25) is 9.59 Å².